The monoisotopic (exact) mass is 347 g/mol. The van der Waals surface area contributed by atoms with E-state index in [1.807, 2.05) is 26.1 Å². The summed E-state index contributed by atoms with van der Waals surface area (Å²) in [6, 6.07) is 5.36. The fourth-order valence-corrected chi connectivity index (χ4v) is 2.82. The summed E-state index contributed by atoms with van der Waals surface area (Å²) in [5.74, 6) is 0.321. The molecule has 2 rings (SSSR count). The summed E-state index contributed by atoms with van der Waals surface area (Å²) in [5, 5.41) is 3.86. The number of methoxy groups -OCH3 is 1. The van der Waals surface area contributed by atoms with Crippen molar-refractivity contribution in [3.8, 4) is 5.75 Å². The van der Waals surface area contributed by atoms with Gasteiger partial charge in [0.2, 0.25) is 0 Å². The van der Waals surface area contributed by atoms with E-state index in [4.69, 9.17) is 16.3 Å². The van der Waals surface area contributed by atoms with E-state index in [0.717, 1.165) is 11.1 Å². The Morgan fingerprint density at radius 3 is 2.67 bits per heavy atom. The molecule has 6 heteroatoms. The summed E-state index contributed by atoms with van der Waals surface area (Å²) < 4.78 is 5.49. The van der Waals surface area contributed by atoms with Gasteiger partial charge in [-0.2, -0.15) is 0 Å². The van der Waals surface area contributed by atoms with Crippen LogP contribution in [0.3, 0.4) is 0 Å². The van der Waals surface area contributed by atoms with Crippen molar-refractivity contribution in [1.29, 1.82) is 0 Å². The smallest absolute Gasteiger partial charge is 0.257 e. The molecule has 24 heavy (non-hydrogen) atoms. The lowest BCUT2D eigenvalue weighted by atomic mass is 10.0. The topological polar surface area (TPSA) is 54.5 Å². The van der Waals surface area contributed by atoms with E-state index in [2.05, 4.69) is 10.3 Å². The van der Waals surface area contributed by atoms with Crippen LogP contribution >= 0.6 is 11.6 Å². The number of pyridine rings is 1. The van der Waals surface area contributed by atoms with Crippen molar-refractivity contribution in [3.05, 3.63) is 52.3 Å². The summed E-state index contributed by atoms with van der Waals surface area (Å²) in [6.07, 6.45) is 3.58. The van der Waals surface area contributed by atoms with E-state index in [-0.39, 0.29) is 11.9 Å². The second-order valence-corrected chi connectivity index (χ2v) is 6.27. The van der Waals surface area contributed by atoms with Crippen LogP contribution in [0, 0.1) is 6.92 Å². The minimum atomic E-state index is -0.162. The van der Waals surface area contributed by atoms with Gasteiger partial charge in [0.05, 0.1) is 18.4 Å². The SMILES string of the molecule is COc1c(NC(C)c2ccncc2C)cc(Cl)cc1C(=O)N(C)C. The number of aromatic nitrogens is 1. The molecule has 0 saturated heterocycles. The average Bonchev–Trinajstić information content (AvgIpc) is 2.53. The van der Waals surface area contributed by atoms with Crippen molar-refractivity contribution in [2.45, 2.75) is 19.9 Å². The maximum absolute atomic E-state index is 12.4. The van der Waals surface area contributed by atoms with E-state index < -0.39 is 0 Å². The predicted molar refractivity (Wildman–Crippen MR) is 97.0 cm³/mol. The molecule has 0 aliphatic carbocycles. The van der Waals surface area contributed by atoms with Crippen LogP contribution in [0.1, 0.15) is 34.5 Å². The molecule has 0 aliphatic heterocycles. The van der Waals surface area contributed by atoms with Crippen LogP contribution < -0.4 is 10.1 Å². The minimum Gasteiger partial charge on any atom is -0.494 e. The van der Waals surface area contributed by atoms with E-state index in [0.29, 0.717) is 22.0 Å². The van der Waals surface area contributed by atoms with Gasteiger partial charge in [-0.25, -0.2) is 0 Å². The fraction of sp³-hybridized carbons (Fsp3) is 0.333. The highest BCUT2D eigenvalue weighted by molar-refractivity contribution is 6.31. The van der Waals surface area contributed by atoms with Gasteiger partial charge in [-0.1, -0.05) is 11.6 Å². The van der Waals surface area contributed by atoms with Gasteiger partial charge in [-0.15, -0.1) is 0 Å². The van der Waals surface area contributed by atoms with Crippen molar-refractivity contribution in [3.63, 3.8) is 0 Å². The van der Waals surface area contributed by atoms with Crippen molar-refractivity contribution < 1.29 is 9.53 Å². The Morgan fingerprint density at radius 1 is 1.38 bits per heavy atom. The number of anilines is 1. The van der Waals surface area contributed by atoms with Gasteiger partial charge in [0.1, 0.15) is 0 Å². The van der Waals surface area contributed by atoms with Crippen LogP contribution in [0.4, 0.5) is 5.69 Å². The molecule has 1 aromatic carbocycles. The number of benzene rings is 1. The number of amides is 1. The number of nitrogens with zero attached hydrogens (tertiary/aromatic N) is 2. The largest absolute Gasteiger partial charge is 0.494 e. The Kier molecular flexibility index (Phi) is 5.67. The number of halogens is 1. The van der Waals surface area contributed by atoms with Gasteiger partial charge in [0.25, 0.3) is 5.91 Å². The highest BCUT2D eigenvalue weighted by Crippen LogP contribution is 2.35. The van der Waals surface area contributed by atoms with Crippen molar-refractivity contribution in [2.24, 2.45) is 0 Å². The molecule has 1 N–H and O–H groups in total. The summed E-state index contributed by atoms with van der Waals surface area (Å²) in [7, 11) is 4.93. The number of ether oxygens (including phenoxy) is 1. The summed E-state index contributed by atoms with van der Waals surface area (Å²) in [5.41, 5.74) is 3.31. The van der Waals surface area contributed by atoms with Gasteiger partial charge in [0.15, 0.2) is 5.75 Å². The van der Waals surface area contributed by atoms with Crippen molar-refractivity contribution in [1.82, 2.24) is 9.88 Å². The summed E-state index contributed by atoms with van der Waals surface area (Å²) >= 11 is 6.21. The van der Waals surface area contributed by atoms with E-state index in [1.54, 1.807) is 39.5 Å². The van der Waals surface area contributed by atoms with Crippen LogP contribution in [-0.2, 0) is 0 Å². The predicted octanol–water partition coefficient (Wildman–Crippen LogP) is 3.93. The average molecular weight is 348 g/mol. The molecule has 0 fully saturated rings. The van der Waals surface area contributed by atoms with Crippen LogP contribution in [0.15, 0.2) is 30.6 Å². The molecule has 2 aromatic rings. The Morgan fingerprint density at radius 2 is 2.08 bits per heavy atom. The first-order valence-corrected chi connectivity index (χ1v) is 7.99. The Balaban J connectivity index is 2.43. The Labute approximate surface area is 147 Å². The van der Waals surface area contributed by atoms with Crippen molar-refractivity contribution >= 4 is 23.2 Å². The molecule has 1 amide bonds. The molecule has 1 heterocycles. The Hall–Kier alpha value is -2.27. The molecule has 0 spiro atoms. The number of nitrogens with one attached hydrogen (secondary N) is 1. The number of hydrogen-bond donors (Lipinski definition) is 1. The normalized spacial score (nSPS) is 11.8. The molecule has 128 valence electrons. The second-order valence-electron chi connectivity index (χ2n) is 5.83. The number of rotatable bonds is 5. The highest BCUT2D eigenvalue weighted by atomic mass is 35.5. The van der Waals surface area contributed by atoms with Gasteiger partial charge >= 0.3 is 0 Å². The molecule has 1 atom stereocenters. The fourth-order valence-electron chi connectivity index (χ4n) is 2.60. The number of hydrogen-bond acceptors (Lipinski definition) is 4. The van der Waals surface area contributed by atoms with Gasteiger partial charge in [-0.05, 0) is 43.2 Å². The number of carbonyl (C=O) groups is 1. The third-order valence-corrected chi connectivity index (χ3v) is 4.01. The molecular formula is C18H22ClN3O2. The van der Waals surface area contributed by atoms with Gasteiger partial charge < -0.3 is 15.0 Å². The van der Waals surface area contributed by atoms with E-state index in [9.17, 15) is 4.79 Å². The lowest BCUT2D eigenvalue weighted by Gasteiger charge is -2.22. The zero-order valence-corrected chi connectivity index (χ0v) is 15.3. The van der Waals surface area contributed by atoms with Crippen molar-refractivity contribution in [2.75, 3.05) is 26.5 Å². The lowest BCUT2D eigenvalue weighted by Crippen LogP contribution is -2.22. The second kappa shape index (κ2) is 7.53. The van der Waals surface area contributed by atoms with Crippen LogP contribution in [0.25, 0.3) is 0 Å². The van der Waals surface area contributed by atoms with E-state index >= 15 is 0 Å². The first-order chi connectivity index (χ1) is 11.3. The highest BCUT2D eigenvalue weighted by Gasteiger charge is 2.20. The standard InChI is InChI=1S/C18H22ClN3O2/c1-11-10-20-7-6-14(11)12(2)21-16-9-13(19)8-15(17(16)24-5)18(23)22(3)4/h6-10,12,21H,1-5H3. The van der Waals surface area contributed by atoms with E-state index in [1.165, 1.54) is 4.90 Å². The number of carbonyl (C=O) groups excluding carboxylic acids is 1. The molecule has 1 aromatic heterocycles. The molecule has 0 aliphatic rings. The molecule has 1 unspecified atom stereocenters. The minimum absolute atomic E-state index is 0.00248. The van der Waals surface area contributed by atoms with Gasteiger partial charge in [-0.3, -0.25) is 9.78 Å². The van der Waals surface area contributed by atoms with Crippen LogP contribution in [-0.4, -0.2) is 37.0 Å². The molecule has 5 nitrogen and oxygen atoms in total. The van der Waals surface area contributed by atoms with Gasteiger partial charge in [0, 0.05) is 37.6 Å². The summed E-state index contributed by atoms with van der Waals surface area (Å²) in [4.78, 5) is 18.0. The molecule has 0 saturated carbocycles. The zero-order valence-electron chi connectivity index (χ0n) is 14.6. The molecule has 0 radical (unpaired) electrons. The first kappa shape index (κ1) is 18.1. The number of aryl methyl sites for hydroxylation is 1. The molecular weight excluding hydrogens is 326 g/mol. The quantitative estimate of drug-likeness (QED) is 0.890. The maximum Gasteiger partial charge on any atom is 0.257 e. The summed E-state index contributed by atoms with van der Waals surface area (Å²) in [6.45, 7) is 4.05. The molecule has 0 bridgehead atoms. The third kappa shape index (κ3) is 3.79. The zero-order chi connectivity index (χ0) is 17.9. The Bertz CT molecular complexity index is 747. The van der Waals surface area contributed by atoms with Crippen LogP contribution in [0.2, 0.25) is 5.02 Å². The van der Waals surface area contributed by atoms with Crippen LogP contribution in [0.5, 0.6) is 5.75 Å². The maximum atomic E-state index is 12.4. The third-order valence-electron chi connectivity index (χ3n) is 3.80. The first-order valence-electron chi connectivity index (χ1n) is 7.61. The lowest BCUT2D eigenvalue weighted by molar-refractivity contribution is 0.0824.